The molecular weight excluding hydrogens is 216 g/mol. The van der Waals surface area contributed by atoms with Crippen LogP contribution in [0, 0.1) is 13.8 Å². The Morgan fingerprint density at radius 2 is 2.06 bits per heavy atom. The van der Waals surface area contributed by atoms with Gasteiger partial charge in [0.15, 0.2) is 5.82 Å². The Kier molecular flexibility index (Phi) is 2.91. The molecule has 0 fully saturated rings. The van der Waals surface area contributed by atoms with Crippen LogP contribution in [0.1, 0.15) is 21.7 Å². The first-order valence-corrected chi connectivity index (χ1v) is 5.31. The van der Waals surface area contributed by atoms with Crippen LogP contribution in [0.25, 0.3) is 0 Å². The third-order valence-corrected chi connectivity index (χ3v) is 2.42. The van der Waals surface area contributed by atoms with Gasteiger partial charge in [-0.15, -0.1) is 0 Å². The van der Waals surface area contributed by atoms with Crippen molar-refractivity contribution >= 4 is 11.7 Å². The molecule has 2 rings (SSSR count). The van der Waals surface area contributed by atoms with Crippen LogP contribution in [0.4, 0.5) is 5.82 Å². The largest absolute Gasteiger partial charge is 0.305 e. The van der Waals surface area contributed by atoms with Crippen LogP contribution >= 0.6 is 0 Å². The molecule has 2 aromatic heterocycles. The lowest BCUT2D eigenvalue weighted by atomic mass is 10.2. The van der Waals surface area contributed by atoms with Crippen molar-refractivity contribution in [3.05, 3.63) is 41.3 Å². The van der Waals surface area contributed by atoms with E-state index in [0.717, 1.165) is 11.4 Å². The Balaban J connectivity index is 2.20. The minimum Gasteiger partial charge on any atom is -0.305 e. The number of amides is 1. The lowest BCUT2D eigenvalue weighted by Gasteiger charge is -2.05. The van der Waals surface area contributed by atoms with Gasteiger partial charge in [0.25, 0.3) is 5.91 Å². The first-order valence-electron chi connectivity index (χ1n) is 5.31. The summed E-state index contributed by atoms with van der Waals surface area (Å²) in [6, 6.07) is 5.34. The SMILES string of the molecule is Cc1ccc(C(=O)Nc2ccn(C)n2)c(C)n1. The molecule has 17 heavy (non-hydrogen) atoms. The van der Waals surface area contributed by atoms with E-state index in [4.69, 9.17) is 0 Å². The summed E-state index contributed by atoms with van der Waals surface area (Å²) in [5, 5.41) is 6.82. The zero-order valence-electron chi connectivity index (χ0n) is 10.1. The molecule has 0 atom stereocenters. The fraction of sp³-hybridized carbons (Fsp3) is 0.250. The van der Waals surface area contributed by atoms with E-state index < -0.39 is 0 Å². The Hall–Kier alpha value is -2.17. The summed E-state index contributed by atoms with van der Waals surface area (Å²) < 4.78 is 1.63. The van der Waals surface area contributed by atoms with Crippen molar-refractivity contribution in [3.8, 4) is 0 Å². The van der Waals surface area contributed by atoms with Gasteiger partial charge in [0.05, 0.1) is 11.3 Å². The van der Waals surface area contributed by atoms with E-state index in [2.05, 4.69) is 15.4 Å². The van der Waals surface area contributed by atoms with Crippen molar-refractivity contribution in [2.24, 2.45) is 7.05 Å². The second-order valence-electron chi connectivity index (χ2n) is 3.91. The molecular formula is C12H14N4O. The molecule has 0 aliphatic rings. The average molecular weight is 230 g/mol. The topological polar surface area (TPSA) is 59.8 Å². The standard InChI is InChI=1S/C12H14N4O/c1-8-4-5-10(9(2)13-8)12(17)14-11-6-7-16(3)15-11/h4-7H,1-3H3,(H,14,15,17). The Morgan fingerprint density at radius 1 is 1.29 bits per heavy atom. The van der Waals surface area contributed by atoms with E-state index in [1.165, 1.54) is 0 Å². The maximum absolute atomic E-state index is 12.0. The number of nitrogens with zero attached hydrogens (tertiary/aromatic N) is 3. The maximum Gasteiger partial charge on any atom is 0.258 e. The minimum absolute atomic E-state index is 0.186. The van der Waals surface area contributed by atoms with E-state index in [1.807, 2.05) is 19.9 Å². The van der Waals surface area contributed by atoms with Gasteiger partial charge in [-0.1, -0.05) is 0 Å². The molecule has 0 unspecified atom stereocenters. The van der Waals surface area contributed by atoms with Crippen molar-refractivity contribution in [2.45, 2.75) is 13.8 Å². The predicted molar refractivity (Wildman–Crippen MR) is 64.9 cm³/mol. The van der Waals surface area contributed by atoms with E-state index in [1.54, 1.807) is 30.1 Å². The van der Waals surface area contributed by atoms with E-state index in [-0.39, 0.29) is 5.91 Å². The zero-order valence-corrected chi connectivity index (χ0v) is 10.1. The summed E-state index contributed by atoms with van der Waals surface area (Å²) in [5.41, 5.74) is 2.19. The molecule has 1 N–H and O–H groups in total. The molecule has 2 heterocycles. The maximum atomic E-state index is 12.0. The number of anilines is 1. The van der Waals surface area contributed by atoms with Gasteiger partial charge in [-0.05, 0) is 26.0 Å². The molecule has 0 aromatic carbocycles. The van der Waals surface area contributed by atoms with E-state index in [9.17, 15) is 4.79 Å². The van der Waals surface area contributed by atoms with Crippen molar-refractivity contribution in [3.63, 3.8) is 0 Å². The van der Waals surface area contributed by atoms with Crippen LogP contribution in [-0.2, 0) is 7.05 Å². The molecule has 5 heteroatoms. The Morgan fingerprint density at radius 3 is 2.65 bits per heavy atom. The van der Waals surface area contributed by atoms with Crippen LogP contribution in [-0.4, -0.2) is 20.7 Å². The molecule has 0 bridgehead atoms. The highest BCUT2D eigenvalue weighted by molar-refractivity contribution is 6.04. The smallest absolute Gasteiger partial charge is 0.258 e. The monoisotopic (exact) mass is 230 g/mol. The summed E-state index contributed by atoms with van der Waals surface area (Å²) in [4.78, 5) is 16.2. The lowest BCUT2D eigenvalue weighted by Crippen LogP contribution is -2.14. The fourth-order valence-electron chi connectivity index (χ4n) is 1.59. The highest BCUT2D eigenvalue weighted by atomic mass is 16.1. The summed E-state index contributed by atoms with van der Waals surface area (Å²) in [7, 11) is 1.80. The van der Waals surface area contributed by atoms with Gasteiger partial charge < -0.3 is 5.32 Å². The third kappa shape index (κ3) is 2.50. The average Bonchev–Trinajstić information content (AvgIpc) is 2.63. The van der Waals surface area contributed by atoms with Crippen molar-refractivity contribution in [1.29, 1.82) is 0 Å². The highest BCUT2D eigenvalue weighted by Crippen LogP contribution is 2.09. The van der Waals surface area contributed by atoms with Crippen LogP contribution in [0.3, 0.4) is 0 Å². The Labute approximate surface area is 99.5 Å². The van der Waals surface area contributed by atoms with Crippen LogP contribution < -0.4 is 5.32 Å². The van der Waals surface area contributed by atoms with E-state index >= 15 is 0 Å². The molecule has 0 aliphatic heterocycles. The van der Waals surface area contributed by atoms with Crippen LogP contribution in [0.5, 0.6) is 0 Å². The van der Waals surface area contributed by atoms with Crippen molar-refractivity contribution in [1.82, 2.24) is 14.8 Å². The second-order valence-corrected chi connectivity index (χ2v) is 3.91. The first-order chi connectivity index (χ1) is 8.06. The third-order valence-electron chi connectivity index (χ3n) is 2.42. The number of nitrogens with one attached hydrogen (secondary N) is 1. The molecule has 2 aromatic rings. The van der Waals surface area contributed by atoms with Crippen molar-refractivity contribution < 1.29 is 4.79 Å². The number of carbonyl (C=O) groups excluding carboxylic acids is 1. The Bertz CT molecular complexity index is 559. The molecule has 0 radical (unpaired) electrons. The minimum atomic E-state index is -0.186. The van der Waals surface area contributed by atoms with Gasteiger partial charge in [-0.2, -0.15) is 5.10 Å². The summed E-state index contributed by atoms with van der Waals surface area (Å²) in [6.45, 7) is 3.72. The molecule has 1 amide bonds. The molecule has 0 aliphatic carbocycles. The summed E-state index contributed by atoms with van der Waals surface area (Å²) >= 11 is 0. The predicted octanol–water partition coefficient (Wildman–Crippen LogP) is 1.68. The van der Waals surface area contributed by atoms with Gasteiger partial charge in [-0.25, -0.2) is 0 Å². The number of aryl methyl sites for hydroxylation is 3. The number of carbonyl (C=O) groups is 1. The van der Waals surface area contributed by atoms with Crippen LogP contribution in [0.2, 0.25) is 0 Å². The van der Waals surface area contributed by atoms with E-state index in [0.29, 0.717) is 11.4 Å². The summed E-state index contributed by atoms with van der Waals surface area (Å²) in [6.07, 6.45) is 1.77. The van der Waals surface area contributed by atoms with Gasteiger partial charge in [0, 0.05) is 25.0 Å². The number of hydrogen-bond donors (Lipinski definition) is 1. The number of aromatic nitrogens is 3. The quantitative estimate of drug-likeness (QED) is 0.854. The lowest BCUT2D eigenvalue weighted by molar-refractivity contribution is 0.102. The first kappa shape index (κ1) is 11.3. The number of rotatable bonds is 2. The summed E-state index contributed by atoms with van der Waals surface area (Å²) in [5.74, 6) is 0.353. The zero-order chi connectivity index (χ0) is 12.4. The highest BCUT2D eigenvalue weighted by Gasteiger charge is 2.11. The van der Waals surface area contributed by atoms with Gasteiger partial charge in [0.1, 0.15) is 0 Å². The van der Waals surface area contributed by atoms with Crippen molar-refractivity contribution in [2.75, 3.05) is 5.32 Å². The second kappa shape index (κ2) is 4.37. The number of hydrogen-bond acceptors (Lipinski definition) is 3. The molecule has 5 nitrogen and oxygen atoms in total. The van der Waals surface area contributed by atoms with Gasteiger partial charge in [0.2, 0.25) is 0 Å². The molecule has 0 saturated carbocycles. The van der Waals surface area contributed by atoms with Gasteiger partial charge in [-0.3, -0.25) is 14.5 Å². The molecule has 0 saturated heterocycles. The molecule has 0 spiro atoms. The van der Waals surface area contributed by atoms with Crippen LogP contribution in [0.15, 0.2) is 24.4 Å². The van der Waals surface area contributed by atoms with Gasteiger partial charge >= 0.3 is 0 Å². The fourth-order valence-corrected chi connectivity index (χ4v) is 1.59. The normalized spacial score (nSPS) is 10.3. The molecule has 88 valence electrons. The number of pyridine rings is 1.